The number of alkyl halides is 2. The summed E-state index contributed by atoms with van der Waals surface area (Å²) in [6, 6.07) is 10.5. The summed E-state index contributed by atoms with van der Waals surface area (Å²) in [5, 5.41) is 0.377. The number of nitrogens with zero attached hydrogens (tertiary/aromatic N) is 3. The van der Waals surface area contributed by atoms with Crippen LogP contribution in [0, 0.1) is 0 Å². The first-order valence-electron chi connectivity index (χ1n) is 11.0. The van der Waals surface area contributed by atoms with Gasteiger partial charge in [-0.25, -0.2) is 26.0 Å². The molecule has 0 radical (unpaired) electrons. The first-order valence-corrected chi connectivity index (χ1v) is 12.9. The minimum atomic E-state index is -4.14. The van der Waals surface area contributed by atoms with E-state index in [9.17, 15) is 22.0 Å². The molecule has 7 nitrogen and oxygen atoms in total. The van der Waals surface area contributed by atoms with Gasteiger partial charge in [-0.2, -0.15) is 0 Å². The number of anilines is 1. The summed E-state index contributed by atoms with van der Waals surface area (Å²) in [6.07, 6.45) is -2.29. The van der Waals surface area contributed by atoms with Crippen LogP contribution in [0.25, 0.3) is 10.9 Å². The van der Waals surface area contributed by atoms with Crippen molar-refractivity contribution in [3.05, 3.63) is 59.2 Å². The van der Waals surface area contributed by atoms with E-state index in [2.05, 4.69) is 0 Å². The third-order valence-corrected chi connectivity index (χ3v) is 7.57. The van der Waals surface area contributed by atoms with Gasteiger partial charge in [-0.05, 0) is 57.2 Å². The van der Waals surface area contributed by atoms with E-state index in [-0.39, 0.29) is 26.4 Å². The summed E-state index contributed by atoms with van der Waals surface area (Å²) in [7, 11) is -4.14. The molecule has 2 aromatic carbocycles. The number of halogens is 3. The van der Waals surface area contributed by atoms with Crippen LogP contribution in [0.4, 0.5) is 19.3 Å². The van der Waals surface area contributed by atoms with Gasteiger partial charge < -0.3 is 14.5 Å². The van der Waals surface area contributed by atoms with Gasteiger partial charge in [0.25, 0.3) is 16.4 Å². The van der Waals surface area contributed by atoms with E-state index in [0.717, 1.165) is 10.2 Å². The number of carbonyl (C=O) groups is 1. The maximum Gasteiger partial charge on any atom is 0.410 e. The van der Waals surface area contributed by atoms with E-state index in [1.165, 1.54) is 30.3 Å². The molecule has 1 saturated heterocycles. The van der Waals surface area contributed by atoms with Crippen LogP contribution in [0.1, 0.15) is 32.8 Å². The first kappa shape index (κ1) is 25.2. The van der Waals surface area contributed by atoms with Crippen molar-refractivity contribution in [1.82, 2.24) is 8.87 Å². The summed E-state index contributed by atoms with van der Waals surface area (Å²) >= 11 is 5.95. The van der Waals surface area contributed by atoms with Gasteiger partial charge in [0.05, 0.1) is 10.4 Å². The van der Waals surface area contributed by atoms with Crippen molar-refractivity contribution in [2.24, 2.45) is 0 Å². The van der Waals surface area contributed by atoms with Gasteiger partial charge in [0.2, 0.25) is 0 Å². The van der Waals surface area contributed by atoms with E-state index < -0.39 is 28.1 Å². The molecule has 3 aromatic rings. The number of amides is 1. The summed E-state index contributed by atoms with van der Waals surface area (Å²) in [5.41, 5.74) is -0.152. The van der Waals surface area contributed by atoms with Gasteiger partial charge in [-0.1, -0.05) is 17.7 Å². The lowest BCUT2D eigenvalue weighted by molar-refractivity contribution is 0.0240. The van der Waals surface area contributed by atoms with Crippen molar-refractivity contribution in [2.45, 2.75) is 37.7 Å². The van der Waals surface area contributed by atoms with E-state index in [0.29, 0.717) is 31.9 Å². The lowest BCUT2D eigenvalue weighted by Crippen LogP contribution is -2.50. The van der Waals surface area contributed by atoms with Crippen molar-refractivity contribution in [3.8, 4) is 0 Å². The van der Waals surface area contributed by atoms with Gasteiger partial charge in [0.15, 0.2) is 0 Å². The molecule has 1 fully saturated rings. The number of ether oxygens (including phenoxy) is 1. The third kappa shape index (κ3) is 5.23. The molecule has 0 N–H and O–H groups in total. The molecule has 0 bridgehead atoms. The zero-order valence-electron chi connectivity index (χ0n) is 19.5. The van der Waals surface area contributed by atoms with Crippen molar-refractivity contribution in [3.63, 3.8) is 0 Å². The van der Waals surface area contributed by atoms with Crippen LogP contribution in [-0.4, -0.2) is 55.2 Å². The van der Waals surface area contributed by atoms with E-state index in [4.69, 9.17) is 16.3 Å². The van der Waals surface area contributed by atoms with Crippen LogP contribution in [0.5, 0.6) is 0 Å². The lowest BCUT2D eigenvalue weighted by atomic mass is 10.1. The van der Waals surface area contributed by atoms with E-state index in [1.807, 2.05) is 4.90 Å². The topological polar surface area (TPSA) is 71.8 Å². The highest BCUT2D eigenvalue weighted by Crippen LogP contribution is 2.35. The van der Waals surface area contributed by atoms with Crippen LogP contribution < -0.4 is 4.90 Å². The Morgan fingerprint density at radius 2 is 1.74 bits per heavy atom. The van der Waals surface area contributed by atoms with Gasteiger partial charge in [0.1, 0.15) is 5.60 Å². The molecule has 0 aliphatic carbocycles. The number of aromatic nitrogens is 1. The molecule has 1 aliphatic rings. The van der Waals surface area contributed by atoms with Crippen LogP contribution in [0.15, 0.2) is 53.6 Å². The normalized spacial score (nSPS) is 15.2. The van der Waals surface area contributed by atoms with Gasteiger partial charge in [0, 0.05) is 54.0 Å². The predicted octanol–water partition coefficient (Wildman–Crippen LogP) is 5.53. The monoisotopic (exact) mass is 525 g/mol. The molecule has 35 heavy (non-hydrogen) atoms. The average molecular weight is 526 g/mol. The molecule has 0 atom stereocenters. The fourth-order valence-electron chi connectivity index (χ4n) is 4.00. The summed E-state index contributed by atoms with van der Waals surface area (Å²) in [6.45, 7) is 7.20. The Kier molecular flexibility index (Phi) is 6.72. The Labute approximate surface area is 207 Å². The summed E-state index contributed by atoms with van der Waals surface area (Å²) in [4.78, 5) is 15.8. The maximum absolute atomic E-state index is 13.9. The highest BCUT2D eigenvalue weighted by atomic mass is 35.5. The Morgan fingerprint density at radius 1 is 1.06 bits per heavy atom. The van der Waals surface area contributed by atoms with Crippen molar-refractivity contribution in [1.29, 1.82) is 0 Å². The smallest absolute Gasteiger partial charge is 0.410 e. The molecule has 0 saturated carbocycles. The molecule has 1 amide bonds. The molecular formula is C24H26ClF2N3O4S. The fourth-order valence-corrected chi connectivity index (χ4v) is 5.68. The number of rotatable bonds is 4. The maximum atomic E-state index is 13.9. The Hall–Kier alpha value is -2.85. The third-order valence-electron chi connectivity index (χ3n) is 5.67. The lowest BCUT2D eigenvalue weighted by Gasteiger charge is -2.36. The largest absolute Gasteiger partial charge is 0.444 e. The first-order chi connectivity index (χ1) is 16.4. The summed E-state index contributed by atoms with van der Waals surface area (Å²) in [5.74, 6) is 0. The fraction of sp³-hybridized carbons (Fsp3) is 0.375. The second kappa shape index (κ2) is 9.31. The number of hydrogen-bond donors (Lipinski definition) is 0. The highest BCUT2D eigenvalue weighted by Gasteiger charge is 2.28. The van der Waals surface area contributed by atoms with Gasteiger partial charge >= 0.3 is 6.09 Å². The highest BCUT2D eigenvalue weighted by molar-refractivity contribution is 7.90. The number of fused-ring (bicyclic) bond motifs is 1. The van der Waals surface area contributed by atoms with Crippen LogP contribution >= 0.6 is 11.6 Å². The predicted molar refractivity (Wildman–Crippen MR) is 131 cm³/mol. The van der Waals surface area contributed by atoms with Crippen molar-refractivity contribution >= 4 is 44.3 Å². The quantitative estimate of drug-likeness (QED) is 0.448. The SMILES string of the molecule is CC(C)(C)OC(=O)N1CCN(c2ccc3c(c2)c(C(F)F)cn3S(=O)(=O)c2cccc(Cl)c2)CC1. The second-order valence-corrected chi connectivity index (χ2v) is 11.6. The number of benzene rings is 2. The Morgan fingerprint density at radius 3 is 2.34 bits per heavy atom. The number of piperazine rings is 1. The molecule has 0 unspecified atom stereocenters. The standard InChI is InChI=1S/C24H26ClF2N3O4S/c1-24(2,3)34-23(31)29-11-9-28(10-12-29)17-7-8-21-19(14-17)20(22(26)27)15-30(21)35(32,33)18-6-4-5-16(25)13-18/h4-8,13-15,22H,9-12H2,1-3H3. The van der Waals surface area contributed by atoms with Crippen LogP contribution in [0.2, 0.25) is 5.02 Å². The van der Waals surface area contributed by atoms with E-state index in [1.54, 1.807) is 37.8 Å². The van der Waals surface area contributed by atoms with Gasteiger partial charge in [-0.15, -0.1) is 0 Å². The number of hydrogen-bond acceptors (Lipinski definition) is 5. The minimum absolute atomic E-state index is 0.0925. The summed E-state index contributed by atoms with van der Waals surface area (Å²) < 4.78 is 60.6. The van der Waals surface area contributed by atoms with Crippen LogP contribution in [0.3, 0.4) is 0 Å². The molecule has 11 heteroatoms. The Balaban J connectivity index is 1.64. The molecule has 0 spiro atoms. The van der Waals surface area contributed by atoms with E-state index >= 15 is 0 Å². The number of carbonyl (C=O) groups excluding carboxylic acids is 1. The van der Waals surface area contributed by atoms with Crippen molar-refractivity contribution < 1.29 is 26.7 Å². The molecule has 2 heterocycles. The minimum Gasteiger partial charge on any atom is -0.444 e. The zero-order chi connectivity index (χ0) is 25.5. The molecular weight excluding hydrogens is 500 g/mol. The van der Waals surface area contributed by atoms with Crippen molar-refractivity contribution in [2.75, 3.05) is 31.1 Å². The Bertz CT molecular complexity index is 1360. The van der Waals surface area contributed by atoms with Crippen LogP contribution in [-0.2, 0) is 14.8 Å². The zero-order valence-corrected chi connectivity index (χ0v) is 21.1. The van der Waals surface area contributed by atoms with Gasteiger partial charge in [-0.3, -0.25) is 0 Å². The molecule has 4 rings (SSSR count). The molecule has 1 aliphatic heterocycles. The molecule has 1 aromatic heterocycles. The average Bonchev–Trinajstić information content (AvgIpc) is 3.18. The second-order valence-electron chi connectivity index (χ2n) is 9.30. The molecule has 188 valence electrons.